The van der Waals surface area contributed by atoms with Crippen molar-refractivity contribution >= 4 is 0 Å². The second-order valence-corrected chi connectivity index (χ2v) is 4.85. The number of nitrogens with two attached hydrogens (primary N) is 1. The molecule has 3 N–H and O–H groups in total. The number of benzene rings is 1. The Morgan fingerprint density at radius 3 is 2.79 bits per heavy atom. The van der Waals surface area contributed by atoms with Gasteiger partial charge in [0, 0.05) is 6.20 Å². The van der Waals surface area contributed by atoms with Crippen LogP contribution in [0, 0.1) is 6.92 Å². The topological polar surface area (TPSA) is 50.9 Å². The number of aryl methyl sites for hydroxylation is 2. The highest BCUT2D eigenvalue weighted by atomic mass is 15.2. The van der Waals surface area contributed by atoms with Crippen LogP contribution < -0.4 is 11.3 Å². The largest absolute Gasteiger partial charge is 0.271 e. The summed E-state index contributed by atoms with van der Waals surface area (Å²) in [5.74, 6) is 5.72. The Kier molecular flexibility index (Phi) is 4.66. The van der Waals surface area contributed by atoms with E-state index in [1.807, 2.05) is 12.3 Å². The van der Waals surface area contributed by atoms with Gasteiger partial charge in [0.25, 0.3) is 0 Å². The number of aromatic nitrogens is 1. The third-order valence-corrected chi connectivity index (χ3v) is 3.22. The molecule has 0 fully saturated rings. The molecule has 0 spiro atoms. The predicted octanol–water partition coefficient (Wildman–Crippen LogP) is 2.90. The molecule has 1 unspecified atom stereocenters. The fraction of sp³-hybridized carbons (Fsp3) is 0.312. The molecule has 100 valence electrons. The van der Waals surface area contributed by atoms with Crippen molar-refractivity contribution in [3.05, 3.63) is 65.0 Å². The first kappa shape index (κ1) is 13.7. The van der Waals surface area contributed by atoms with Crippen molar-refractivity contribution in [3.63, 3.8) is 0 Å². The minimum Gasteiger partial charge on any atom is -0.271 e. The molecule has 1 heterocycles. The molecule has 0 aliphatic rings. The van der Waals surface area contributed by atoms with Gasteiger partial charge in [0.1, 0.15) is 0 Å². The van der Waals surface area contributed by atoms with Crippen LogP contribution in [0.2, 0.25) is 0 Å². The van der Waals surface area contributed by atoms with E-state index in [-0.39, 0.29) is 6.04 Å². The van der Waals surface area contributed by atoms with Gasteiger partial charge in [-0.05, 0) is 42.2 Å². The highest BCUT2D eigenvalue weighted by Crippen LogP contribution is 2.21. The molecular formula is C16H21N3. The van der Waals surface area contributed by atoms with Crippen molar-refractivity contribution in [2.75, 3.05) is 0 Å². The smallest absolute Gasteiger partial charge is 0.0881 e. The molecule has 19 heavy (non-hydrogen) atoms. The minimum absolute atomic E-state index is 0.0586. The van der Waals surface area contributed by atoms with Gasteiger partial charge in [-0.15, -0.1) is 0 Å². The minimum atomic E-state index is -0.0586. The van der Waals surface area contributed by atoms with E-state index < -0.39 is 0 Å². The third kappa shape index (κ3) is 3.40. The number of hydrazine groups is 1. The van der Waals surface area contributed by atoms with Crippen LogP contribution in [-0.4, -0.2) is 4.98 Å². The second-order valence-electron chi connectivity index (χ2n) is 4.85. The molecule has 0 bridgehead atoms. The van der Waals surface area contributed by atoms with Crippen LogP contribution in [0.5, 0.6) is 0 Å². The third-order valence-electron chi connectivity index (χ3n) is 3.22. The summed E-state index contributed by atoms with van der Waals surface area (Å²) < 4.78 is 0. The molecule has 0 aliphatic carbocycles. The first-order valence-electron chi connectivity index (χ1n) is 6.72. The molecular weight excluding hydrogens is 234 g/mol. The Labute approximate surface area is 114 Å². The van der Waals surface area contributed by atoms with E-state index in [0.29, 0.717) is 0 Å². The van der Waals surface area contributed by atoms with Gasteiger partial charge >= 0.3 is 0 Å². The summed E-state index contributed by atoms with van der Waals surface area (Å²) >= 11 is 0. The van der Waals surface area contributed by atoms with E-state index in [1.165, 1.54) is 11.1 Å². The average Bonchev–Trinajstić information content (AvgIpc) is 2.41. The highest BCUT2D eigenvalue weighted by molar-refractivity contribution is 5.32. The molecule has 0 saturated carbocycles. The number of nitrogens with one attached hydrogen (secondary N) is 1. The van der Waals surface area contributed by atoms with Crippen LogP contribution in [0.25, 0.3) is 0 Å². The van der Waals surface area contributed by atoms with Crippen molar-refractivity contribution in [2.45, 2.75) is 32.7 Å². The summed E-state index contributed by atoms with van der Waals surface area (Å²) in [6, 6.07) is 12.5. The fourth-order valence-corrected chi connectivity index (χ4v) is 2.29. The van der Waals surface area contributed by atoms with E-state index in [2.05, 4.69) is 54.6 Å². The summed E-state index contributed by atoms with van der Waals surface area (Å²) in [5, 5.41) is 0. The number of nitrogens with zero attached hydrogens (tertiary/aromatic N) is 1. The fourth-order valence-electron chi connectivity index (χ4n) is 2.29. The summed E-state index contributed by atoms with van der Waals surface area (Å²) in [4.78, 5) is 4.42. The van der Waals surface area contributed by atoms with Gasteiger partial charge in [0.2, 0.25) is 0 Å². The maximum Gasteiger partial charge on any atom is 0.0881 e. The molecule has 0 aliphatic heterocycles. The lowest BCUT2D eigenvalue weighted by Gasteiger charge is -2.17. The standard InChI is InChI=1S/C16H21N3/c1-3-5-13-6-4-7-14(11-13)16(19-17)15-10-12(2)8-9-18-15/h4,6-11,16,19H,3,5,17H2,1-2H3. The van der Waals surface area contributed by atoms with Crippen LogP contribution >= 0.6 is 0 Å². The Morgan fingerprint density at radius 1 is 1.26 bits per heavy atom. The molecule has 1 atom stereocenters. The molecule has 1 aromatic heterocycles. The second kappa shape index (κ2) is 6.45. The normalized spacial score (nSPS) is 12.4. The SMILES string of the molecule is CCCc1cccc(C(NN)c2cc(C)ccn2)c1. The number of hydrogen-bond donors (Lipinski definition) is 2. The Hall–Kier alpha value is -1.71. The van der Waals surface area contributed by atoms with Crippen molar-refractivity contribution < 1.29 is 0 Å². The zero-order chi connectivity index (χ0) is 13.7. The van der Waals surface area contributed by atoms with Crippen LogP contribution in [0.1, 0.15) is 41.8 Å². The van der Waals surface area contributed by atoms with Crippen LogP contribution in [0.15, 0.2) is 42.6 Å². The molecule has 0 saturated heterocycles. The monoisotopic (exact) mass is 255 g/mol. The molecule has 1 aromatic carbocycles. The summed E-state index contributed by atoms with van der Waals surface area (Å²) in [7, 11) is 0. The van der Waals surface area contributed by atoms with Gasteiger partial charge in [0.15, 0.2) is 0 Å². The van der Waals surface area contributed by atoms with Gasteiger partial charge in [0.05, 0.1) is 11.7 Å². The van der Waals surface area contributed by atoms with Crippen LogP contribution in [-0.2, 0) is 6.42 Å². The number of rotatable bonds is 5. The van der Waals surface area contributed by atoms with Crippen molar-refractivity contribution in [1.29, 1.82) is 0 Å². The Balaban J connectivity index is 2.33. The molecule has 2 rings (SSSR count). The molecule has 2 aromatic rings. The number of pyridine rings is 1. The maximum atomic E-state index is 5.72. The van der Waals surface area contributed by atoms with E-state index >= 15 is 0 Å². The summed E-state index contributed by atoms with van der Waals surface area (Å²) in [5.41, 5.74) is 7.51. The highest BCUT2D eigenvalue weighted by Gasteiger charge is 2.14. The van der Waals surface area contributed by atoms with Gasteiger partial charge in [-0.3, -0.25) is 10.8 Å². The first-order chi connectivity index (χ1) is 9.24. The van der Waals surface area contributed by atoms with E-state index in [4.69, 9.17) is 5.84 Å². The zero-order valence-electron chi connectivity index (χ0n) is 11.6. The zero-order valence-corrected chi connectivity index (χ0v) is 11.6. The Bertz CT molecular complexity index is 537. The number of hydrogen-bond acceptors (Lipinski definition) is 3. The van der Waals surface area contributed by atoms with Crippen molar-refractivity contribution in [1.82, 2.24) is 10.4 Å². The van der Waals surface area contributed by atoms with E-state index in [0.717, 1.165) is 24.1 Å². The van der Waals surface area contributed by atoms with Crippen LogP contribution in [0.4, 0.5) is 0 Å². The molecule has 3 nitrogen and oxygen atoms in total. The van der Waals surface area contributed by atoms with Gasteiger partial charge in [-0.25, -0.2) is 5.43 Å². The summed E-state index contributed by atoms with van der Waals surface area (Å²) in [6.07, 6.45) is 4.06. The van der Waals surface area contributed by atoms with Gasteiger partial charge in [-0.1, -0.05) is 37.6 Å². The van der Waals surface area contributed by atoms with Crippen molar-refractivity contribution in [3.8, 4) is 0 Å². The van der Waals surface area contributed by atoms with E-state index in [1.54, 1.807) is 0 Å². The maximum absolute atomic E-state index is 5.72. The lowest BCUT2D eigenvalue weighted by atomic mass is 9.99. The average molecular weight is 255 g/mol. The van der Waals surface area contributed by atoms with Gasteiger partial charge < -0.3 is 0 Å². The molecule has 0 amide bonds. The quantitative estimate of drug-likeness (QED) is 0.638. The van der Waals surface area contributed by atoms with Crippen molar-refractivity contribution in [2.24, 2.45) is 5.84 Å². The van der Waals surface area contributed by atoms with Crippen LogP contribution in [0.3, 0.4) is 0 Å². The van der Waals surface area contributed by atoms with E-state index in [9.17, 15) is 0 Å². The first-order valence-corrected chi connectivity index (χ1v) is 6.72. The lowest BCUT2D eigenvalue weighted by molar-refractivity contribution is 0.619. The lowest BCUT2D eigenvalue weighted by Crippen LogP contribution is -2.29. The van der Waals surface area contributed by atoms with Gasteiger partial charge in [-0.2, -0.15) is 0 Å². The summed E-state index contributed by atoms with van der Waals surface area (Å²) in [6.45, 7) is 4.25. The molecule has 0 radical (unpaired) electrons. The molecule has 3 heteroatoms. The Morgan fingerprint density at radius 2 is 2.11 bits per heavy atom. The predicted molar refractivity (Wildman–Crippen MR) is 78.6 cm³/mol.